The number of phenolic OH excluding ortho intramolecular Hbond substituents is 1. The summed E-state index contributed by atoms with van der Waals surface area (Å²) in [7, 11) is 0. The van der Waals surface area contributed by atoms with Crippen molar-refractivity contribution in [3.63, 3.8) is 0 Å². The average molecular weight is 199 g/mol. The summed E-state index contributed by atoms with van der Waals surface area (Å²) in [4.78, 5) is 0. The minimum absolute atomic E-state index is 0. The Hall–Kier alpha value is 0.266. The van der Waals surface area contributed by atoms with Gasteiger partial charge in [-0.15, -0.1) is 0 Å². The Labute approximate surface area is 81.3 Å². The summed E-state index contributed by atoms with van der Waals surface area (Å²) in [6.45, 7) is 0. The van der Waals surface area contributed by atoms with Gasteiger partial charge in [-0.1, -0.05) is 15.9 Å². The average Bonchev–Trinajstić information content (AvgIpc) is 1.77. The predicted molar refractivity (Wildman–Crippen MR) is 43.8 cm³/mol. The zero-order valence-electron chi connectivity index (χ0n) is 6.84. The van der Waals surface area contributed by atoms with Gasteiger partial charge in [0.25, 0.3) is 0 Å². The van der Waals surface area contributed by atoms with Crippen LogP contribution in [0.2, 0.25) is 0 Å². The molecule has 0 saturated heterocycles. The molecule has 0 aromatic heterocycles. The van der Waals surface area contributed by atoms with E-state index in [1.165, 1.54) is 0 Å². The molecule has 0 aliphatic rings. The summed E-state index contributed by atoms with van der Waals surface area (Å²) >= 11 is 3.23. The van der Waals surface area contributed by atoms with Crippen LogP contribution in [0.3, 0.4) is 0 Å². The van der Waals surface area contributed by atoms with Gasteiger partial charge in [-0.25, -0.2) is 0 Å². The maximum atomic E-state index is 8.74. The minimum Gasteiger partial charge on any atom is -1.00 e. The van der Waals surface area contributed by atoms with Crippen molar-refractivity contribution in [1.82, 2.24) is 0 Å². The van der Waals surface area contributed by atoms with Crippen LogP contribution in [0.15, 0.2) is 28.7 Å². The fraction of sp³-hybridized carbons (Fsp3) is 0. The van der Waals surface area contributed by atoms with Crippen LogP contribution in [0.4, 0.5) is 0 Å². The first kappa shape index (κ1) is 9.27. The molecule has 1 rings (SSSR count). The van der Waals surface area contributed by atoms with Gasteiger partial charge in [0.15, 0.2) is 0 Å². The third kappa shape index (κ3) is 3.08. The number of phenols is 1. The van der Waals surface area contributed by atoms with E-state index in [9.17, 15) is 0 Å². The molecule has 1 aromatic rings. The summed E-state index contributed by atoms with van der Waals surface area (Å²) in [6, 6.07) is 6.83. The van der Waals surface area contributed by atoms with Crippen molar-refractivity contribution in [1.29, 1.82) is 0 Å². The van der Waals surface area contributed by atoms with Crippen molar-refractivity contribution in [3.8, 4) is 5.75 Å². The molecular formula is C6H7BrMgO. The molecule has 0 spiro atoms. The molecule has 0 radical (unpaired) electrons. The van der Waals surface area contributed by atoms with Crippen LogP contribution in [0, 0.1) is 0 Å². The van der Waals surface area contributed by atoms with Crippen molar-refractivity contribution in [3.05, 3.63) is 28.7 Å². The topological polar surface area (TPSA) is 20.2 Å². The van der Waals surface area contributed by atoms with Gasteiger partial charge in [0.05, 0.1) is 0 Å². The normalized spacial score (nSPS) is 8.11. The van der Waals surface area contributed by atoms with Crippen LogP contribution in [0.1, 0.15) is 2.85 Å². The summed E-state index contributed by atoms with van der Waals surface area (Å²) in [5.74, 6) is 0.299. The standard InChI is InChI=1S/C6H5BrO.Mg.2H/c7-5-1-3-6(8)4-2-5;;;/h1-4,8H;;;/q;+2;2*-1. The largest absolute Gasteiger partial charge is 2.00 e. The van der Waals surface area contributed by atoms with Gasteiger partial charge < -0.3 is 7.96 Å². The predicted octanol–water partition coefficient (Wildman–Crippen LogP) is 2.00. The number of benzene rings is 1. The molecule has 0 aliphatic heterocycles. The molecule has 1 N–H and O–H groups in total. The Kier molecular flexibility index (Phi) is 4.26. The summed E-state index contributed by atoms with van der Waals surface area (Å²) in [6.07, 6.45) is 0. The molecule has 0 heterocycles. The van der Waals surface area contributed by atoms with Crippen LogP contribution in [0.5, 0.6) is 5.75 Å². The van der Waals surface area contributed by atoms with Gasteiger partial charge in [0, 0.05) is 4.47 Å². The third-order valence-corrected chi connectivity index (χ3v) is 1.36. The smallest absolute Gasteiger partial charge is 1.00 e. The SMILES string of the molecule is Oc1ccc(Br)cc1.[H-].[H-].[Mg+2]. The van der Waals surface area contributed by atoms with Crippen molar-refractivity contribution in [2.24, 2.45) is 0 Å². The van der Waals surface area contributed by atoms with Gasteiger partial charge in [0.2, 0.25) is 0 Å². The Balaban J connectivity index is -0.000000213. The first-order valence-electron chi connectivity index (χ1n) is 2.23. The van der Waals surface area contributed by atoms with E-state index in [2.05, 4.69) is 15.9 Å². The Morgan fingerprint density at radius 3 is 2.00 bits per heavy atom. The van der Waals surface area contributed by atoms with Gasteiger partial charge in [-0.2, -0.15) is 0 Å². The second-order valence-corrected chi connectivity index (χ2v) is 2.39. The van der Waals surface area contributed by atoms with Crippen molar-refractivity contribution in [2.75, 3.05) is 0 Å². The molecule has 0 aliphatic carbocycles. The molecule has 1 aromatic carbocycles. The maximum absolute atomic E-state index is 8.74. The van der Waals surface area contributed by atoms with Gasteiger partial charge in [-0.05, 0) is 24.3 Å². The fourth-order valence-electron chi connectivity index (χ4n) is 0.441. The molecule has 0 atom stereocenters. The van der Waals surface area contributed by atoms with Crippen LogP contribution < -0.4 is 0 Å². The molecule has 0 amide bonds. The number of hydrogen-bond acceptors (Lipinski definition) is 1. The molecule has 3 heteroatoms. The first-order chi connectivity index (χ1) is 3.79. The van der Waals surface area contributed by atoms with E-state index in [0.29, 0.717) is 5.75 Å². The molecule has 0 saturated carbocycles. The van der Waals surface area contributed by atoms with E-state index >= 15 is 0 Å². The van der Waals surface area contributed by atoms with E-state index in [1.807, 2.05) is 0 Å². The van der Waals surface area contributed by atoms with Crippen molar-refractivity contribution < 1.29 is 7.96 Å². The molecule has 0 bridgehead atoms. The zero-order valence-corrected chi connectivity index (χ0v) is 7.84. The van der Waals surface area contributed by atoms with Crippen molar-refractivity contribution >= 4 is 39.0 Å². The van der Waals surface area contributed by atoms with E-state index in [0.717, 1.165) is 4.47 Å². The number of aromatic hydroxyl groups is 1. The summed E-state index contributed by atoms with van der Waals surface area (Å²) in [5, 5.41) is 8.74. The second kappa shape index (κ2) is 4.14. The Morgan fingerprint density at radius 2 is 1.67 bits per heavy atom. The zero-order chi connectivity index (χ0) is 5.98. The quantitative estimate of drug-likeness (QED) is 0.634. The van der Waals surface area contributed by atoms with Crippen molar-refractivity contribution in [2.45, 2.75) is 0 Å². The molecule has 46 valence electrons. The monoisotopic (exact) mass is 198 g/mol. The minimum atomic E-state index is 0. The van der Waals surface area contributed by atoms with E-state index in [1.54, 1.807) is 24.3 Å². The van der Waals surface area contributed by atoms with Crippen LogP contribution in [-0.2, 0) is 0 Å². The molecule has 1 nitrogen and oxygen atoms in total. The molecular weight excluding hydrogens is 192 g/mol. The first-order valence-corrected chi connectivity index (χ1v) is 3.03. The van der Waals surface area contributed by atoms with Gasteiger partial charge in [0.1, 0.15) is 5.75 Å². The molecule has 9 heavy (non-hydrogen) atoms. The van der Waals surface area contributed by atoms with E-state index < -0.39 is 0 Å². The summed E-state index contributed by atoms with van der Waals surface area (Å²) in [5.41, 5.74) is 0. The number of hydrogen-bond donors (Lipinski definition) is 1. The van der Waals surface area contributed by atoms with Crippen LogP contribution >= 0.6 is 15.9 Å². The van der Waals surface area contributed by atoms with Crippen LogP contribution in [-0.4, -0.2) is 28.2 Å². The second-order valence-electron chi connectivity index (χ2n) is 1.48. The Morgan fingerprint density at radius 1 is 1.22 bits per heavy atom. The number of halogens is 1. The van der Waals surface area contributed by atoms with Crippen LogP contribution in [0.25, 0.3) is 0 Å². The molecule has 0 unspecified atom stereocenters. The maximum Gasteiger partial charge on any atom is 2.00 e. The fourth-order valence-corrected chi connectivity index (χ4v) is 0.705. The van der Waals surface area contributed by atoms with Gasteiger partial charge >= 0.3 is 23.1 Å². The van der Waals surface area contributed by atoms with E-state index in [-0.39, 0.29) is 25.9 Å². The third-order valence-electron chi connectivity index (χ3n) is 0.827. The Bertz CT molecular complexity index is 159. The van der Waals surface area contributed by atoms with Gasteiger partial charge in [-0.3, -0.25) is 0 Å². The number of rotatable bonds is 0. The van der Waals surface area contributed by atoms with E-state index in [4.69, 9.17) is 5.11 Å². The summed E-state index contributed by atoms with van der Waals surface area (Å²) < 4.78 is 0.982. The molecule has 0 fully saturated rings.